The van der Waals surface area contributed by atoms with Crippen LogP contribution in [-0.2, 0) is 11.4 Å². The molecule has 1 rings (SSSR count). The van der Waals surface area contributed by atoms with Crippen molar-refractivity contribution in [1.29, 1.82) is 0 Å². The van der Waals surface area contributed by atoms with Crippen molar-refractivity contribution in [3.63, 3.8) is 0 Å². The Balaban J connectivity index is 2.48. The van der Waals surface area contributed by atoms with Gasteiger partial charge in [0.05, 0.1) is 11.7 Å². The molecule has 1 N–H and O–H groups in total. The fourth-order valence-electron chi connectivity index (χ4n) is 1.34. The largest absolute Gasteiger partial charge is 0.491 e. The predicted molar refractivity (Wildman–Crippen MR) is 69.9 cm³/mol. The number of rotatable bonds is 5. The third kappa shape index (κ3) is 6.29. The zero-order valence-electron chi connectivity index (χ0n) is 11.4. The van der Waals surface area contributed by atoms with E-state index in [1.807, 2.05) is 58.9 Å². The molecular weight excluding hydrogens is 214 g/mol. The monoisotopic (exact) mass is 237 g/mol. The zero-order valence-corrected chi connectivity index (χ0v) is 11.4. The van der Waals surface area contributed by atoms with Gasteiger partial charge < -0.3 is 4.74 Å². The highest BCUT2D eigenvalue weighted by Crippen LogP contribution is 2.15. The summed E-state index contributed by atoms with van der Waals surface area (Å²) in [7, 11) is 0. The van der Waals surface area contributed by atoms with Crippen molar-refractivity contribution in [2.24, 2.45) is 0 Å². The summed E-state index contributed by atoms with van der Waals surface area (Å²) in [5.74, 6) is 0.898. The molecule has 0 aliphatic rings. The van der Waals surface area contributed by atoms with Gasteiger partial charge in [0.15, 0.2) is 0 Å². The van der Waals surface area contributed by atoms with Crippen molar-refractivity contribution < 1.29 is 9.57 Å². The SMILES string of the molecule is CC(C)Oc1cccc(CNOC(C)(C)C)c1. The highest BCUT2D eigenvalue weighted by atomic mass is 16.7. The first kappa shape index (κ1) is 14.0. The van der Waals surface area contributed by atoms with Crippen molar-refractivity contribution >= 4 is 0 Å². The third-order valence-electron chi connectivity index (χ3n) is 1.92. The summed E-state index contributed by atoms with van der Waals surface area (Å²) in [6, 6.07) is 8.03. The first-order chi connectivity index (χ1) is 7.87. The highest BCUT2D eigenvalue weighted by Gasteiger charge is 2.09. The molecule has 0 heterocycles. The van der Waals surface area contributed by atoms with Crippen LogP contribution in [0.25, 0.3) is 0 Å². The summed E-state index contributed by atoms with van der Waals surface area (Å²) in [6.07, 6.45) is 0.198. The first-order valence-electron chi connectivity index (χ1n) is 6.03. The molecule has 0 saturated carbocycles. The molecule has 3 nitrogen and oxygen atoms in total. The maximum absolute atomic E-state index is 5.63. The van der Waals surface area contributed by atoms with Crippen LogP contribution in [0.1, 0.15) is 40.2 Å². The molecule has 0 saturated heterocycles. The van der Waals surface area contributed by atoms with E-state index in [1.165, 1.54) is 0 Å². The molecule has 0 bridgehead atoms. The van der Waals surface area contributed by atoms with E-state index in [2.05, 4.69) is 5.48 Å². The molecule has 0 aromatic heterocycles. The van der Waals surface area contributed by atoms with Crippen LogP contribution in [0.2, 0.25) is 0 Å². The maximum atomic E-state index is 5.63. The standard InChI is InChI=1S/C14H23NO2/c1-11(2)16-13-8-6-7-12(9-13)10-15-17-14(3,4)5/h6-9,11,15H,10H2,1-5H3. The number of ether oxygens (including phenoxy) is 1. The molecule has 1 aromatic rings. The van der Waals surface area contributed by atoms with Crippen molar-refractivity contribution in [3.8, 4) is 5.75 Å². The van der Waals surface area contributed by atoms with Gasteiger partial charge in [-0.05, 0) is 52.3 Å². The molecule has 0 aliphatic heterocycles. The quantitative estimate of drug-likeness (QED) is 0.797. The highest BCUT2D eigenvalue weighted by molar-refractivity contribution is 5.28. The Hall–Kier alpha value is -1.06. The lowest BCUT2D eigenvalue weighted by Crippen LogP contribution is -2.28. The Kier molecular flexibility index (Phi) is 4.97. The van der Waals surface area contributed by atoms with Crippen LogP contribution >= 0.6 is 0 Å². The van der Waals surface area contributed by atoms with Crippen molar-refractivity contribution in [2.45, 2.75) is 52.9 Å². The van der Waals surface area contributed by atoms with Gasteiger partial charge >= 0.3 is 0 Å². The zero-order chi connectivity index (χ0) is 12.9. The van der Waals surface area contributed by atoms with Crippen LogP contribution in [0.5, 0.6) is 5.75 Å². The molecule has 0 amide bonds. The molecule has 3 heteroatoms. The van der Waals surface area contributed by atoms with Gasteiger partial charge in [0, 0.05) is 6.54 Å². The van der Waals surface area contributed by atoms with E-state index in [0.717, 1.165) is 11.3 Å². The second-order valence-corrected chi connectivity index (χ2v) is 5.35. The summed E-state index contributed by atoms with van der Waals surface area (Å²) < 4.78 is 5.63. The molecule has 1 aromatic carbocycles. The fourth-order valence-corrected chi connectivity index (χ4v) is 1.34. The van der Waals surface area contributed by atoms with Gasteiger partial charge in [-0.2, -0.15) is 5.48 Å². The molecular formula is C14H23NO2. The third-order valence-corrected chi connectivity index (χ3v) is 1.92. The average molecular weight is 237 g/mol. The lowest BCUT2D eigenvalue weighted by Gasteiger charge is -2.19. The summed E-state index contributed by atoms with van der Waals surface area (Å²) in [6.45, 7) is 10.8. The number of hydrogen-bond donors (Lipinski definition) is 1. The predicted octanol–water partition coefficient (Wildman–Crippen LogP) is 3.29. The lowest BCUT2D eigenvalue weighted by molar-refractivity contribution is -0.0757. The molecule has 17 heavy (non-hydrogen) atoms. The minimum absolute atomic E-state index is 0.175. The van der Waals surface area contributed by atoms with E-state index >= 15 is 0 Å². The van der Waals surface area contributed by atoms with E-state index in [-0.39, 0.29) is 11.7 Å². The van der Waals surface area contributed by atoms with Crippen LogP contribution in [0.3, 0.4) is 0 Å². The molecule has 96 valence electrons. The van der Waals surface area contributed by atoms with E-state index in [0.29, 0.717) is 6.54 Å². The Morgan fingerprint density at radius 2 is 1.94 bits per heavy atom. The van der Waals surface area contributed by atoms with Gasteiger partial charge in [-0.1, -0.05) is 12.1 Å². The molecule has 0 radical (unpaired) electrons. The minimum atomic E-state index is -0.175. The Morgan fingerprint density at radius 3 is 2.53 bits per heavy atom. The van der Waals surface area contributed by atoms with Crippen molar-refractivity contribution in [1.82, 2.24) is 5.48 Å². The second-order valence-electron chi connectivity index (χ2n) is 5.35. The van der Waals surface area contributed by atoms with Crippen LogP contribution in [0, 0.1) is 0 Å². The van der Waals surface area contributed by atoms with Gasteiger partial charge in [0.1, 0.15) is 5.75 Å². The average Bonchev–Trinajstić information content (AvgIpc) is 2.15. The van der Waals surface area contributed by atoms with Crippen LogP contribution < -0.4 is 10.2 Å². The molecule has 0 fully saturated rings. The Labute approximate surface area is 104 Å². The van der Waals surface area contributed by atoms with E-state index in [4.69, 9.17) is 9.57 Å². The molecule has 0 spiro atoms. The molecule has 0 atom stereocenters. The van der Waals surface area contributed by atoms with Crippen LogP contribution in [-0.4, -0.2) is 11.7 Å². The van der Waals surface area contributed by atoms with Gasteiger partial charge in [-0.15, -0.1) is 0 Å². The lowest BCUT2D eigenvalue weighted by atomic mass is 10.2. The Bertz CT molecular complexity index is 342. The van der Waals surface area contributed by atoms with E-state index in [1.54, 1.807) is 0 Å². The molecule has 0 unspecified atom stereocenters. The van der Waals surface area contributed by atoms with Gasteiger partial charge in [0.2, 0.25) is 0 Å². The van der Waals surface area contributed by atoms with E-state index in [9.17, 15) is 0 Å². The summed E-state index contributed by atoms with van der Waals surface area (Å²) in [4.78, 5) is 5.46. The fraction of sp³-hybridized carbons (Fsp3) is 0.571. The van der Waals surface area contributed by atoms with Crippen LogP contribution in [0.15, 0.2) is 24.3 Å². The van der Waals surface area contributed by atoms with Gasteiger partial charge in [-0.25, -0.2) is 0 Å². The minimum Gasteiger partial charge on any atom is -0.491 e. The summed E-state index contributed by atoms with van der Waals surface area (Å²) in [5.41, 5.74) is 3.94. The smallest absolute Gasteiger partial charge is 0.120 e. The summed E-state index contributed by atoms with van der Waals surface area (Å²) >= 11 is 0. The van der Waals surface area contributed by atoms with Crippen molar-refractivity contribution in [2.75, 3.05) is 0 Å². The number of nitrogens with one attached hydrogen (secondary N) is 1. The first-order valence-corrected chi connectivity index (χ1v) is 6.03. The second kappa shape index (κ2) is 6.03. The van der Waals surface area contributed by atoms with Crippen LogP contribution in [0.4, 0.5) is 0 Å². The number of hydrogen-bond acceptors (Lipinski definition) is 3. The molecule has 0 aliphatic carbocycles. The normalized spacial score (nSPS) is 11.9. The van der Waals surface area contributed by atoms with Gasteiger partial charge in [0.25, 0.3) is 0 Å². The topological polar surface area (TPSA) is 30.5 Å². The van der Waals surface area contributed by atoms with Gasteiger partial charge in [-0.3, -0.25) is 4.84 Å². The van der Waals surface area contributed by atoms with E-state index < -0.39 is 0 Å². The maximum Gasteiger partial charge on any atom is 0.120 e. The Morgan fingerprint density at radius 1 is 1.24 bits per heavy atom. The summed E-state index contributed by atoms with van der Waals surface area (Å²) in [5, 5.41) is 0. The number of benzene rings is 1. The van der Waals surface area contributed by atoms with Crippen molar-refractivity contribution in [3.05, 3.63) is 29.8 Å². The number of hydroxylamine groups is 1.